The highest BCUT2D eigenvalue weighted by atomic mass is 35.5. The van der Waals surface area contributed by atoms with Gasteiger partial charge in [-0.3, -0.25) is 10.1 Å². The Morgan fingerprint density at radius 2 is 1.88 bits per heavy atom. The maximum Gasteiger partial charge on any atom is 0.322 e. The predicted molar refractivity (Wildman–Crippen MR) is 93.9 cm³/mol. The molecule has 0 radical (unpaired) electrons. The van der Waals surface area contributed by atoms with Crippen molar-refractivity contribution in [2.45, 2.75) is 6.42 Å². The zero-order chi connectivity index (χ0) is 17.9. The van der Waals surface area contributed by atoms with Crippen molar-refractivity contribution < 1.29 is 18.7 Å². The van der Waals surface area contributed by atoms with Crippen molar-refractivity contribution in [2.24, 2.45) is 0 Å². The number of hydrogen-bond acceptors (Lipinski definition) is 6. The van der Waals surface area contributed by atoms with Crippen LogP contribution in [0.1, 0.15) is 21.8 Å². The van der Waals surface area contributed by atoms with Crippen LogP contribution in [0.3, 0.4) is 0 Å². The van der Waals surface area contributed by atoms with Crippen molar-refractivity contribution in [3.63, 3.8) is 0 Å². The highest BCUT2D eigenvalue weighted by Crippen LogP contribution is 2.31. The van der Waals surface area contributed by atoms with Crippen molar-refractivity contribution in [1.82, 2.24) is 10.2 Å². The Morgan fingerprint density at radius 1 is 1.08 bits per heavy atom. The minimum absolute atomic E-state index is 0.0162. The van der Waals surface area contributed by atoms with E-state index in [0.717, 1.165) is 11.3 Å². The third-order valence-electron chi connectivity index (χ3n) is 3.77. The molecule has 26 heavy (non-hydrogen) atoms. The van der Waals surface area contributed by atoms with Gasteiger partial charge < -0.3 is 13.9 Å². The van der Waals surface area contributed by atoms with Crippen LogP contribution in [-0.4, -0.2) is 29.3 Å². The molecule has 1 N–H and O–H groups in total. The van der Waals surface area contributed by atoms with Crippen molar-refractivity contribution >= 4 is 23.5 Å². The van der Waals surface area contributed by atoms with E-state index in [1.54, 1.807) is 24.3 Å². The van der Waals surface area contributed by atoms with Crippen molar-refractivity contribution in [3.05, 3.63) is 64.5 Å². The van der Waals surface area contributed by atoms with E-state index in [1.807, 2.05) is 18.2 Å². The summed E-state index contributed by atoms with van der Waals surface area (Å²) in [4.78, 5) is 12.2. The summed E-state index contributed by atoms with van der Waals surface area (Å²) in [5, 5.41) is 10.7. The molecule has 0 spiro atoms. The van der Waals surface area contributed by atoms with Gasteiger partial charge in [-0.25, -0.2) is 0 Å². The zero-order valence-electron chi connectivity index (χ0n) is 13.6. The molecule has 1 amide bonds. The number of benzene rings is 2. The number of nitrogens with zero attached hydrogens (tertiary/aromatic N) is 2. The smallest absolute Gasteiger partial charge is 0.322 e. The molecule has 4 rings (SSSR count). The lowest BCUT2D eigenvalue weighted by molar-refractivity contribution is 0.102. The van der Waals surface area contributed by atoms with Crippen LogP contribution < -0.4 is 14.8 Å². The van der Waals surface area contributed by atoms with E-state index >= 15 is 0 Å². The topological polar surface area (TPSA) is 86.5 Å². The van der Waals surface area contributed by atoms with Crippen LogP contribution in [0.25, 0.3) is 0 Å². The molecule has 0 aliphatic carbocycles. The van der Waals surface area contributed by atoms with Gasteiger partial charge in [-0.2, -0.15) is 0 Å². The van der Waals surface area contributed by atoms with Gasteiger partial charge in [0, 0.05) is 0 Å². The molecule has 7 nitrogen and oxygen atoms in total. The normalized spacial score (nSPS) is 12.7. The summed E-state index contributed by atoms with van der Waals surface area (Å²) in [7, 11) is 0. The van der Waals surface area contributed by atoms with Gasteiger partial charge in [0.1, 0.15) is 13.2 Å². The molecule has 0 saturated carbocycles. The van der Waals surface area contributed by atoms with Crippen molar-refractivity contribution in [2.75, 3.05) is 18.5 Å². The first-order valence-electron chi connectivity index (χ1n) is 7.96. The van der Waals surface area contributed by atoms with Gasteiger partial charge in [0.15, 0.2) is 11.5 Å². The van der Waals surface area contributed by atoms with Gasteiger partial charge in [0.2, 0.25) is 5.89 Å². The lowest BCUT2D eigenvalue weighted by atomic mass is 10.1. The maximum atomic E-state index is 12.2. The summed E-state index contributed by atoms with van der Waals surface area (Å²) in [5.74, 6) is 1.37. The molecule has 0 fully saturated rings. The molecule has 1 aliphatic rings. The Labute approximate surface area is 153 Å². The number of ether oxygens (including phenoxy) is 2. The van der Waals surface area contributed by atoms with E-state index in [9.17, 15) is 4.79 Å². The van der Waals surface area contributed by atoms with Gasteiger partial charge in [0.25, 0.3) is 5.91 Å². The van der Waals surface area contributed by atoms with E-state index in [2.05, 4.69) is 15.5 Å². The summed E-state index contributed by atoms with van der Waals surface area (Å²) in [6, 6.07) is 12.4. The monoisotopic (exact) mass is 371 g/mol. The summed E-state index contributed by atoms with van der Waals surface area (Å²) in [5.41, 5.74) is 1.27. The number of nitrogens with one attached hydrogen (secondary N) is 1. The molecular formula is C18H14ClN3O4. The Balaban J connectivity index is 1.45. The Morgan fingerprint density at radius 3 is 2.73 bits per heavy atom. The van der Waals surface area contributed by atoms with Crippen LogP contribution in [0.5, 0.6) is 11.5 Å². The second-order valence-electron chi connectivity index (χ2n) is 5.59. The average molecular weight is 372 g/mol. The molecule has 132 valence electrons. The van der Waals surface area contributed by atoms with E-state index in [-0.39, 0.29) is 6.01 Å². The number of carbonyl (C=O) groups is 1. The van der Waals surface area contributed by atoms with Crippen LogP contribution in [-0.2, 0) is 6.42 Å². The fraction of sp³-hybridized carbons (Fsp3) is 0.167. The molecule has 3 aromatic rings. The molecule has 0 unspecified atom stereocenters. The fourth-order valence-electron chi connectivity index (χ4n) is 2.56. The fourth-order valence-corrected chi connectivity index (χ4v) is 2.78. The number of rotatable bonds is 4. The van der Waals surface area contributed by atoms with Gasteiger partial charge in [-0.05, 0) is 29.8 Å². The second-order valence-corrected chi connectivity index (χ2v) is 6.00. The van der Waals surface area contributed by atoms with Crippen LogP contribution in [0, 0.1) is 0 Å². The van der Waals surface area contributed by atoms with Gasteiger partial charge in [-0.15, -0.1) is 5.10 Å². The number of carbonyl (C=O) groups excluding carboxylic acids is 1. The molecule has 8 heteroatoms. The van der Waals surface area contributed by atoms with E-state index in [1.165, 1.54) is 0 Å². The largest absolute Gasteiger partial charge is 0.486 e. The minimum Gasteiger partial charge on any atom is -0.486 e. The number of halogens is 1. The first-order valence-corrected chi connectivity index (χ1v) is 8.33. The highest BCUT2D eigenvalue weighted by molar-refractivity contribution is 6.34. The van der Waals surface area contributed by atoms with Crippen LogP contribution >= 0.6 is 11.6 Å². The van der Waals surface area contributed by atoms with Gasteiger partial charge >= 0.3 is 6.01 Å². The first kappa shape index (κ1) is 16.4. The number of anilines is 1. The molecule has 1 aromatic heterocycles. The molecule has 0 saturated heterocycles. The van der Waals surface area contributed by atoms with E-state index in [0.29, 0.717) is 41.9 Å². The van der Waals surface area contributed by atoms with Crippen LogP contribution in [0.2, 0.25) is 5.02 Å². The average Bonchev–Trinajstić information content (AvgIpc) is 3.08. The summed E-state index contributed by atoms with van der Waals surface area (Å²) >= 11 is 6.01. The first-order chi connectivity index (χ1) is 12.7. The number of amides is 1. The molecule has 2 heterocycles. The molecule has 0 atom stereocenters. The molecule has 2 aromatic carbocycles. The lowest BCUT2D eigenvalue weighted by Gasteiger charge is -2.18. The van der Waals surface area contributed by atoms with Gasteiger partial charge in [0.05, 0.1) is 17.0 Å². The zero-order valence-corrected chi connectivity index (χ0v) is 14.3. The van der Waals surface area contributed by atoms with Crippen molar-refractivity contribution in [1.29, 1.82) is 0 Å². The summed E-state index contributed by atoms with van der Waals surface area (Å²) in [6.07, 6.45) is 0.408. The summed E-state index contributed by atoms with van der Waals surface area (Å²) < 4.78 is 16.5. The van der Waals surface area contributed by atoms with E-state index in [4.69, 9.17) is 25.5 Å². The number of aromatic nitrogens is 2. The Kier molecular flexibility index (Phi) is 4.45. The van der Waals surface area contributed by atoms with E-state index < -0.39 is 5.91 Å². The standard InChI is InChI=1S/C18H14ClN3O4/c19-13-4-2-1-3-12(13)17(23)20-18-22-21-16(26-18)10-11-5-6-14-15(9-11)25-8-7-24-14/h1-6,9H,7-8,10H2,(H,20,22,23). The van der Waals surface area contributed by atoms with Crippen LogP contribution in [0.4, 0.5) is 6.01 Å². The van der Waals surface area contributed by atoms with Gasteiger partial charge in [-0.1, -0.05) is 34.9 Å². The molecule has 0 bridgehead atoms. The Hall–Kier alpha value is -3.06. The van der Waals surface area contributed by atoms with Crippen molar-refractivity contribution in [3.8, 4) is 11.5 Å². The van der Waals surface area contributed by atoms with Crippen LogP contribution in [0.15, 0.2) is 46.9 Å². The third-order valence-corrected chi connectivity index (χ3v) is 4.10. The third kappa shape index (κ3) is 3.48. The minimum atomic E-state index is -0.412. The highest BCUT2D eigenvalue weighted by Gasteiger charge is 2.16. The number of hydrogen-bond donors (Lipinski definition) is 1. The number of fused-ring (bicyclic) bond motifs is 1. The molecular weight excluding hydrogens is 358 g/mol. The quantitative estimate of drug-likeness (QED) is 0.757. The Bertz CT molecular complexity index is 957. The molecule has 1 aliphatic heterocycles. The predicted octanol–water partition coefficient (Wildman–Crippen LogP) is 3.34. The SMILES string of the molecule is O=C(Nc1nnc(Cc2ccc3c(c2)OCCO3)o1)c1ccccc1Cl. The maximum absolute atomic E-state index is 12.2. The lowest BCUT2D eigenvalue weighted by Crippen LogP contribution is -2.15. The second kappa shape index (κ2) is 7.05. The summed E-state index contributed by atoms with van der Waals surface area (Å²) in [6.45, 7) is 1.07.